The molecule has 0 aliphatic heterocycles. The van der Waals surface area contributed by atoms with Crippen LogP contribution in [0.4, 0.5) is 0 Å². The van der Waals surface area contributed by atoms with Crippen LogP contribution in [0.2, 0.25) is 0 Å². The number of nitrogens with zero attached hydrogens (tertiary/aromatic N) is 7. The quantitative estimate of drug-likeness (QED) is 0.157. The topological polar surface area (TPSA) is 74.3 Å². The van der Waals surface area contributed by atoms with Gasteiger partial charge in [-0.3, -0.25) is 9.13 Å². The number of fused-ring (bicyclic) bond motifs is 8. The molecular formula is C53H35N7. The number of allylic oxidation sites excluding steroid dienone is 4. The maximum absolute atomic E-state index is 5.30. The van der Waals surface area contributed by atoms with E-state index in [-0.39, 0.29) is 0 Å². The summed E-state index contributed by atoms with van der Waals surface area (Å²) in [5, 5.41) is 7.23. The minimum Gasteiger partial charge on any atom is -0.292 e. The van der Waals surface area contributed by atoms with E-state index in [0.29, 0.717) is 17.6 Å². The number of imidazole rings is 2. The van der Waals surface area contributed by atoms with E-state index in [1.807, 2.05) is 42.5 Å². The molecule has 0 saturated carbocycles. The summed E-state index contributed by atoms with van der Waals surface area (Å²) in [6, 6.07) is 59.1. The smallest absolute Gasteiger partial charge is 0.240 e. The van der Waals surface area contributed by atoms with Gasteiger partial charge in [-0.15, -0.1) is 0 Å². The van der Waals surface area contributed by atoms with E-state index in [0.717, 1.165) is 79.9 Å². The summed E-state index contributed by atoms with van der Waals surface area (Å²) in [5.41, 5.74) is 8.66. The molecule has 3 heterocycles. The monoisotopic (exact) mass is 769 g/mol. The Bertz CT molecular complexity index is 3500. The normalized spacial score (nSPS) is 12.9. The number of rotatable bonds is 6. The van der Waals surface area contributed by atoms with Crippen molar-refractivity contribution >= 4 is 60.0 Å². The first-order valence-corrected chi connectivity index (χ1v) is 20.3. The number of para-hydroxylation sites is 4. The van der Waals surface area contributed by atoms with E-state index in [4.69, 9.17) is 24.9 Å². The third-order valence-corrected chi connectivity index (χ3v) is 11.6. The minimum absolute atomic E-state index is 0.512. The molecular weight excluding hydrogens is 735 g/mol. The zero-order chi connectivity index (χ0) is 39.6. The molecule has 0 fully saturated rings. The van der Waals surface area contributed by atoms with E-state index >= 15 is 0 Å². The number of aromatic nitrogens is 7. The van der Waals surface area contributed by atoms with Crippen molar-refractivity contribution in [3.63, 3.8) is 0 Å². The Hall–Kier alpha value is -8.03. The lowest BCUT2D eigenvalue weighted by molar-refractivity contribution is 0.907. The van der Waals surface area contributed by atoms with Crippen molar-refractivity contribution in [2.75, 3.05) is 0 Å². The fourth-order valence-electron chi connectivity index (χ4n) is 8.80. The van der Waals surface area contributed by atoms with Gasteiger partial charge >= 0.3 is 0 Å². The second-order valence-electron chi connectivity index (χ2n) is 15.2. The fourth-order valence-corrected chi connectivity index (χ4v) is 8.80. The summed E-state index contributed by atoms with van der Waals surface area (Å²) in [6.07, 6.45) is 8.58. The molecule has 1 aliphatic carbocycles. The van der Waals surface area contributed by atoms with Crippen LogP contribution in [0.15, 0.2) is 188 Å². The molecule has 7 heteroatoms. The Labute approximate surface area is 345 Å². The SMILES string of the molecule is C1=CC(c2nc3ccccc3n2-c2nc(-c3ccc(-n4c(-c5ccccc5)nc5ccccc54)cc3)nc(-c3ccc4c5ccccc5c5ccccc5c4c3)n2)=CCC1. The molecule has 0 spiro atoms. The molecule has 3 aromatic heterocycles. The second-order valence-corrected chi connectivity index (χ2v) is 15.2. The zero-order valence-corrected chi connectivity index (χ0v) is 32.4. The van der Waals surface area contributed by atoms with Gasteiger partial charge in [-0.05, 0) is 99.8 Å². The van der Waals surface area contributed by atoms with E-state index in [1.54, 1.807) is 0 Å². The number of hydrogen-bond donors (Lipinski definition) is 0. The van der Waals surface area contributed by atoms with Gasteiger partial charge in [0.25, 0.3) is 0 Å². The van der Waals surface area contributed by atoms with Gasteiger partial charge in [0.05, 0.1) is 22.1 Å². The van der Waals surface area contributed by atoms with Crippen molar-refractivity contribution < 1.29 is 0 Å². The maximum atomic E-state index is 5.30. The summed E-state index contributed by atoms with van der Waals surface area (Å²) in [7, 11) is 0. The minimum atomic E-state index is 0.512. The molecule has 11 aromatic rings. The molecule has 0 amide bonds. The number of hydrogen-bond acceptors (Lipinski definition) is 5. The standard InChI is InChI=1S/C53H35N7/c1-3-15-35(16-4-1)51-54-45-23-11-13-25-47(45)59(51)38-30-27-34(28-31-38)49-56-50(37-29-32-43-41-21-8-7-19-39(41)40-20-9-10-22-42(40)44(43)33-37)58-53(57-49)60-48-26-14-12-24-46(48)55-52(60)36-17-5-2-6-18-36/h1,3-5,7-33H,2,6H2. The summed E-state index contributed by atoms with van der Waals surface area (Å²) in [6.45, 7) is 0. The second kappa shape index (κ2) is 13.8. The van der Waals surface area contributed by atoms with Crippen molar-refractivity contribution in [2.24, 2.45) is 0 Å². The first kappa shape index (κ1) is 34.0. The molecule has 0 saturated heterocycles. The molecule has 0 N–H and O–H groups in total. The molecule has 0 bridgehead atoms. The van der Waals surface area contributed by atoms with Crippen LogP contribution in [0.1, 0.15) is 18.7 Å². The lowest BCUT2D eigenvalue weighted by Crippen LogP contribution is -2.09. The van der Waals surface area contributed by atoms with E-state index in [1.165, 1.54) is 26.9 Å². The van der Waals surface area contributed by atoms with Gasteiger partial charge in [-0.2, -0.15) is 9.97 Å². The van der Waals surface area contributed by atoms with Crippen molar-refractivity contribution in [3.8, 4) is 45.8 Å². The fraction of sp³-hybridized carbons (Fsp3) is 0.0377. The van der Waals surface area contributed by atoms with Crippen LogP contribution in [0.25, 0.3) is 106 Å². The summed E-state index contributed by atoms with van der Waals surface area (Å²) in [5.74, 6) is 3.36. The summed E-state index contributed by atoms with van der Waals surface area (Å²) in [4.78, 5) is 26.0. The van der Waals surface area contributed by atoms with Crippen LogP contribution in [-0.4, -0.2) is 34.1 Å². The Balaban J connectivity index is 1.07. The van der Waals surface area contributed by atoms with Crippen LogP contribution in [-0.2, 0) is 0 Å². The first-order valence-electron chi connectivity index (χ1n) is 20.3. The van der Waals surface area contributed by atoms with Crippen LogP contribution in [0.5, 0.6) is 0 Å². The average Bonchev–Trinajstić information content (AvgIpc) is 3.92. The average molecular weight is 770 g/mol. The molecule has 0 radical (unpaired) electrons. The summed E-state index contributed by atoms with van der Waals surface area (Å²) >= 11 is 0. The predicted molar refractivity (Wildman–Crippen MR) is 244 cm³/mol. The molecule has 12 rings (SSSR count). The van der Waals surface area contributed by atoms with Gasteiger partial charge < -0.3 is 0 Å². The Kier molecular flexibility index (Phi) is 7.84. The third kappa shape index (κ3) is 5.55. The third-order valence-electron chi connectivity index (χ3n) is 11.6. The van der Waals surface area contributed by atoms with Crippen LogP contribution < -0.4 is 0 Å². The molecule has 60 heavy (non-hydrogen) atoms. The maximum Gasteiger partial charge on any atom is 0.240 e. The van der Waals surface area contributed by atoms with E-state index < -0.39 is 0 Å². The van der Waals surface area contributed by atoms with Crippen molar-refractivity contribution in [1.29, 1.82) is 0 Å². The summed E-state index contributed by atoms with van der Waals surface area (Å²) < 4.78 is 4.31. The van der Waals surface area contributed by atoms with Gasteiger partial charge in [-0.25, -0.2) is 15.0 Å². The van der Waals surface area contributed by atoms with Crippen molar-refractivity contribution in [3.05, 3.63) is 194 Å². The lowest BCUT2D eigenvalue weighted by Gasteiger charge is -2.15. The van der Waals surface area contributed by atoms with Crippen LogP contribution in [0, 0.1) is 0 Å². The van der Waals surface area contributed by atoms with E-state index in [9.17, 15) is 0 Å². The molecule has 8 aromatic carbocycles. The Morgan fingerprint density at radius 3 is 1.60 bits per heavy atom. The highest BCUT2D eigenvalue weighted by molar-refractivity contribution is 6.25. The number of benzene rings is 8. The first-order chi connectivity index (χ1) is 29.7. The molecule has 282 valence electrons. The highest BCUT2D eigenvalue weighted by Crippen LogP contribution is 2.38. The highest BCUT2D eigenvalue weighted by atomic mass is 15.2. The molecule has 7 nitrogen and oxygen atoms in total. The van der Waals surface area contributed by atoms with Crippen molar-refractivity contribution in [1.82, 2.24) is 34.1 Å². The molecule has 0 unspecified atom stereocenters. The zero-order valence-electron chi connectivity index (χ0n) is 32.4. The van der Waals surface area contributed by atoms with Gasteiger partial charge in [-0.1, -0.05) is 133 Å². The van der Waals surface area contributed by atoms with Gasteiger partial charge in [0, 0.05) is 28.0 Å². The Morgan fingerprint density at radius 1 is 0.383 bits per heavy atom. The Morgan fingerprint density at radius 2 is 0.933 bits per heavy atom. The van der Waals surface area contributed by atoms with Gasteiger partial charge in [0.15, 0.2) is 11.6 Å². The molecule has 1 aliphatic rings. The van der Waals surface area contributed by atoms with E-state index in [2.05, 4.69) is 155 Å². The van der Waals surface area contributed by atoms with Gasteiger partial charge in [0.1, 0.15) is 11.6 Å². The predicted octanol–water partition coefficient (Wildman–Crippen LogP) is 12.7. The van der Waals surface area contributed by atoms with Crippen LogP contribution >= 0.6 is 0 Å². The molecule has 0 atom stereocenters. The largest absolute Gasteiger partial charge is 0.292 e. The van der Waals surface area contributed by atoms with Gasteiger partial charge in [0.2, 0.25) is 5.95 Å². The van der Waals surface area contributed by atoms with Crippen molar-refractivity contribution in [2.45, 2.75) is 12.8 Å². The van der Waals surface area contributed by atoms with Crippen LogP contribution in [0.3, 0.4) is 0 Å². The highest BCUT2D eigenvalue weighted by Gasteiger charge is 2.22. The lowest BCUT2D eigenvalue weighted by atomic mass is 9.93.